The minimum Gasteiger partial charge on any atom is -0.379 e. The number of carbonyl (C=O) groups is 1. The molecule has 2 saturated heterocycles. The van der Waals surface area contributed by atoms with E-state index in [1.165, 1.54) is 0 Å². The maximum Gasteiger partial charge on any atom is 0.272 e. The summed E-state index contributed by atoms with van der Waals surface area (Å²) in [6.07, 6.45) is 5.75. The van der Waals surface area contributed by atoms with Crippen LogP contribution in [0.3, 0.4) is 0 Å². The van der Waals surface area contributed by atoms with Gasteiger partial charge in [0.2, 0.25) is 0 Å². The van der Waals surface area contributed by atoms with Crippen LogP contribution in [-0.2, 0) is 4.74 Å². The Morgan fingerprint density at radius 2 is 2.11 bits per heavy atom. The van der Waals surface area contributed by atoms with E-state index in [1.807, 2.05) is 42.3 Å². The Balaban J connectivity index is 1.54. The van der Waals surface area contributed by atoms with Gasteiger partial charge < -0.3 is 14.5 Å². The van der Waals surface area contributed by atoms with Gasteiger partial charge in [0.05, 0.1) is 25.1 Å². The number of anilines is 1. The molecule has 6 heteroatoms. The van der Waals surface area contributed by atoms with Crippen LogP contribution in [0.1, 0.15) is 29.0 Å². The molecule has 4 rings (SSSR count). The van der Waals surface area contributed by atoms with Crippen LogP contribution in [-0.4, -0.2) is 60.2 Å². The summed E-state index contributed by atoms with van der Waals surface area (Å²) in [5.41, 5.74) is 2.47. The molecule has 2 aliphatic rings. The second-order valence-electron chi connectivity index (χ2n) is 7.68. The molecule has 2 aromatic heterocycles. The molecule has 1 unspecified atom stereocenters. The molecule has 0 aromatic carbocycles. The summed E-state index contributed by atoms with van der Waals surface area (Å²) in [6.45, 7) is 6.52. The average molecular weight is 366 g/mol. The van der Waals surface area contributed by atoms with Gasteiger partial charge in [-0.1, -0.05) is 6.07 Å². The minimum absolute atomic E-state index is 0.0231. The molecule has 0 radical (unpaired) electrons. The highest BCUT2D eigenvalue weighted by atomic mass is 16.5. The van der Waals surface area contributed by atoms with Crippen molar-refractivity contribution in [3.63, 3.8) is 0 Å². The van der Waals surface area contributed by atoms with E-state index >= 15 is 0 Å². The number of nitrogens with zero attached hydrogens (tertiary/aromatic N) is 4. The molecule has 6 nitrogen and oxygen atoms in total. The van der Waals surface area contributed by atoms with Crippen LogP contribution in [0.4, 0.5) is 5.69 Å². The molecule has 142 valence electrons. The molecule has 1 amide bonds. The zero-order chi connectivity index (χ0) is 18.7. The quantitative estimate of drug-likeness (QED) is 0.817. The Bertz CT molecular complexity index is 798. The van der Waals surface area contributed by atoms with Crippen LogP contribution in [0.25, 0.3) is 0 Å². The first-order chi connectivity index (χ1) is 13.2. The van der Waals surface area contributed by atoms with Gasteiger partial charge in [-0.3, -0.25) is 9.78 Å². The molecule has 2 aromatic rings. The van der Waals surface area contributed by atoms with Gasteiger partial charge in [0.25, 0.3) is 5.91 Å². The predicted molar refractivity (Wildman–Crippen MR) is 104 cm³/mol. The first-order valence-electron chi connectivity index (χ1n) is 9.61. The van der Waals surface area contributed by atoms with E-state index in [-0.39, 0.29) is 11.3 Å². The maximum absolute atomic E-state index is 13.0. The number of piperidine rings is 1. The van der Waals surface area contributed by atoms with E-state index in [1.54, 1.807) is 6.20 Å². The smallest absolute Gasteiger partial charge is 0.272 e. The molecule has 1 spiro atoms. The number of likely N-dealkylation sites (tertiary alicyclic amines) is 1. The molecule has 0 bridgehead atoms. The summed E-state index contributed by atoms with van der Waals surface area (Å²) in [5.74, 6) is 0.0231. The summed E-state index contributed by atoms with van der Waals surface area (Å²) < 4.78 is 5.98. The van der Waals surface area contributed by atoms with E-state index in [2.05, 4.69) is 20.9 Å². The lowest BCUT2D eigenvalue weighted by molar-refractivity contribution is 0.0133. The summed E-state index contributed by atoms with van der Waals surface area (Å²) in [6, 6.07) is 9.68. The Hall–Kier alpha value is -2.47. The van der Waals surface area contributed by atoms with Gasteiger partial charge in [0, 0.05) is 43.5 Å². The number of ether oxygens (including phenoxy) is 1. The standard InChI is InChI=1S/C21H26N4O2/c1-17-5-2-7-19(23-17)20(26)25-10-4-8-21(15-25)14-24(11-12-27-16-21)18-6-3-9-22-13-18/h2-3,5-7,9,13H,4,8,10-12,14-16H2,1H3. The monoisotopic (exact) mass is 366 g/mol. The molecule has 2 aliphatic heterocycles. The zero-order valence-corrected chi connectivity index (χ0v) is 15.8. The zero-order valence-electron chi connectivity index (χ0n) is 15.8. The normalized spacial score (nSPS) is 23.3. The van der Waals surface area contributed by atoms with Crippen LogP contribution < -0.4 is 4.90 Å². The van der Waals surface area contributed by atoms with Gasteiger partial charge in [-0.2, -0.15) is 0 Å². The molecule has 2 fully saturated rings. The van der Waals surface area contributed by atoms with Gasteiger partial charge in [0.1, 0.15) is 5.69 Å². The van der Waals surface area contributed by atoms with Crippen molar-refractivity contribution >= 4 is 11.6 Å². The summed E-state index contributed by atoms with van der Waals surface area (Å²) in [5, 5.41) is 0. The van der Waals surface area contributed by atoms with Gasteiger partial charge in [-0.25, -0.2) is 4.98 Å². The van der Waals surface area contributed by atoms with Crippen molar-refractivity contribution in [1.29, 1.82) is 0 Å². The molecule has 0 N–H and O–H groups in total. The van der Waals surface area contributed by atoms with Gasteiger partial charge in [-0.05, 0) is 44.0 Å². The summed E-state index contributed by atoms with van der Waals surface area (Å²) in [4.78, 5) is 26.0. The van der Waals surface area contributed by atoms with E-state index in [0.717, 1.165) is 43.9 Å². The fraction of sp³-hybridized carbons (Fsp3) is 0.476. The minimum atomic E-state index is -0.0515. The average Bonchev–Trinajstić information content (AvgIpc) is 2.91. The largest absolute Gasteiger partial charge is 0.379 e. The maximum atomic E-state index is 13.0. The molecular weight excluding hydrogens is 340 g/mol. The first kappa shape index (κ1) is 17.9. The van der Waals surface area contributed by atoms with Crippen molar-refractivity contribution in [2.45, 2.75) is 19.8 Å². The second kappa shape index (κ2) is 7.64. The number of rotatable bonds is 2. The number of hydrogen-bond donors (Lipinski definition) is 0. The van der Waals surface area contributed by atoms with Crippen LogP contribution in [0, 0.1) is 12.3 Å². The highest BCUT2D eigenvalue weighted by molar-refractivity contribution is 5.92. The first-order valence-corrected chi connectivity index (χ1v) is 9.61. The Morgan fingerprint density at radius 1 is 1.19 bits per heavy atom. The van der Waals surface area contributed by atoms with Gasteiger partial charge in [0.15, 0.2) is 0 Å². The fourth-order valence-electron chi connectivity index (χ4n) is 4.21. The van der Waals surface area contributed by atoms with Crippen LogP contribution in [0.5, 0.6) is 0 Å². The highest BCUT2D eigenvalue weighted by Crippen LogP contribution is 2.34. The lowest BCUT2D eigenvalue weighted by Crippen LogP contribution is -2.52. The van der Waals surface area contributed by atoms with Gasteiger partial charge in [-0.15, -0.1) is 0 Å². The Morgan fingerprint density at radius 3 is 2.93 bits per heavy atom. The molecule has 1 atom stereocenters. The van der Waals surface area contributed by atoms with Crippen LogP contribution in [0.2, 0.25) is 0 Å². The molecular formula is C21H26N4O2. The van der Waals surface area contributed by atoms with Crippen molar-refractivity contribution in [2.24, 2.45) is 5.41 Å². The summed E-state index contributed by atoms with van der Waals surface area (Å²) in [7, 11) is 0. The SMILES string of the molecule is Cc1cccc(C(=O)N2CCCC3(COCCN(c4cccnc4)C3)C2)n1. The molecule has 4 heterocycles. The Labute approximate surface area is 160 Å². The molecule has 0 saturated carbocycles. The van der Waals surface area contributed by atoms with E-state index in [0.29, 0.717) is 25.5 Å². The van der Waals surface area contributed by atoms with Gasteiger partial charge >= 0.3 is 0 Å². The van der Waals surface area contributed by atoms with E-state index < -0.39 is 0 Å². The van der Waals surface area contributed by atoms with Crippen molar-refractivity contribution in [3.05, 3.63) is 54.1 Å². The number of pyridine rings is 2. The fourth-order valence-corrected chi connectivity index (χ4v) is 4.21. The second-order valence-corrected chi connectivity index (χ2v) is 7.68. The lowest BCUT2D eigenvalue weighted by atomic mass is 9.80. The van der Waals surface area contributed by atoms with Crippen LogP contribution in [0.15, 0.2) is 42.7 Å². The topological polar surface area (TPSA) is 58.6 Å². The van der Waals surface area contributed by atoms with Crippen molar-refractivity contribution in [2.75, 3.05) is 44.3 Å². The number of aromatic nitrogens is 2. The highest BCUT2D eigenvalue weighted by Gasteiger charge is 2.40. The third-order valence-corrected chi connectivity index (χ3v) is 5.51. The van der Waals surface area contributed by atoms with Crippen molar-refractivity contribution in [3.8, 4) is 0 Å². The van der Waals surface area contributed by atoms with Crippen molar-refractivity contribution < 1.29 is 9.53 Å². The number of aryl methyl sites for hydroxylation is 1. The molecule has 0 aliphatic carbocycles. The Kier molecular flexibility index (Phi) is 5.07. The predicted octanol–water partition coefficient (Wildman–Crippen LogP) is 2.54. The number of hydrogen-bond acceptors (Lipinski definition) is 5. The number of amides is 1. The lowest BCUT2D eigenvalue weighted by Gasteiger charge is -2.43. The molecule has 27 heavy (non-hydrogen) atoms. The number of carbonyl (C=O) groups excluding carboxylic acids is 1. The summed E-state index contributed by atoms with van der Waals surface area (Å²) >= 11 is 0. The van der Waals surface area contributed by atoms with Crippen LogP contribution >= 0.6 is 0 Å². The van der Waals surface area contributed by atoms with E-state index in [9.17, 15) is 4.79 Å². The van der Waals surface area contributed by atoms with E-state index in [4.69, 9.17) is 4.74 Å². The third-order valence-electron chi connectivity index (χ3n) is 5.51. The third kappa shape index (κ3) is 3.95. The van der Waals surface area contributed by atoms with Crippen molar-refractivity contribution in [1.82, 2.24) is 14.9 Å².